The molecule has 108 valence electrons. The minimum absolute atomic E-state index is 0.439. The highest BCUT2D eigenvalue weighted by atomic mass is 32.2. The van der Waals surface area contributed by atoms with Gasteiger partial charge in [-0.05, 0) is 18.6 Å². The van der Waals surface area contributed by atoms with Crippen LogP contribution in [-0.2, 0) is 4.79 Å². The Hall–Kier alpha value is -1.49. The summed E-state index contributed by atoms with van der Waals surface area (Å²) in [7, 11) is 0. The number of carbonyl (C=O) groups is 1. The molecule has 0 amide bonds. The molecule has 2 rings (SSSR count). The van der Waals surface area contributed by atoms with Gasteiger partial charge in [-0.2, -0.15) is 0 Å². The molecular weight excluding hydrogens is 274 g/mol. The van der Waals surface area contributed by atoms with E-state index in [9.17, 15) is 9.90 Å². The molecule has 0 saturated heterocycles. The van der Waals surface area contributed by atoms with E-state index >= 15 is 0 Å². The standard InChI is InChI=1S/C15H19NO3S/c1-2-3-4-5-10-13(14(17)18)20-15-16-11-8-6-7-9-12(11)19-15/h6-9,13H,2-5,10H2,1H3,(H,17,18). The summed E-state index contributed by atoms with van der Waals surface area (Å²) in [5.74, 6) is -0.797. The van der Waals surface area contributed by atoms with Gasteiger partial charge >= 0.3 is 5.97 Å². The van der Waals surface area contributed by atoms with E-state index in [0.29, 0.717) is 17.2 Å². The first-order valence-electron chi connectivity index (χ1n) is 6.95. The maximum absolute atomic E-state index is 11.3. The zero-order chi connectivity index (χ0) is 14.4. The number of nitrogens with zero attached hydrogens (tertiary/aromatic N) is 1. The second kappa shape index (κ2) is 7.33. The lowest BCUT2D eigenvalue weighted by Crippen LogP contribution is -2.16. The largest absolute Gasteiger partial charge is 0.480 e. The summed E-state index contributed by atoms with van der Waals surface area (Å²) in [6.07, 6.45) is 4.96. The van der Waals surface area contributed by atoms with Gasteiger partial charge in [0.2, 0.25) is 0 Å². The van der Waals surface area contributed by atoms with Crippen LogP contribution in [0.2, 0.25) is 0 Å². The SMILES string of the molecule is CCCCCCC(Sc1nc2ccccc2o1)C(=O)O. The molecule has 0 radical (unpaired) electrons. The summed E-state index contributed by atoms with van der Waals surface area (Å²) in [6.45, 7) is 2.14. The van der Waals surface area contributed by atoms with Crippen LogP contribution < -0.4 is 0 Å². The lowest BCUT2D eigenvalue weighted by Gasteiger charge is -2.08. The summed E-state index contributed by atoms with van der Waals surface area (Å²) in [5.41, 5.74) is 1.47. The molecule has 2 aromatic rings. The number of aliphatic carboxylic acids is 1. The average Bonchev–Trinajstić information content (AvgIpc) is 2.84. The van der Waals surface area contributed by atoms with Gasteiger partial charge < -0.3 is 9.52 Å². The number of fused-ring (bicyclic) bond motifs is 1. The molecule has 1 atom stereocenters. The summed E-state index contributed by atoms with van der Waals surface area (Å²) < 4.78 is 5.56. The fourth-order valence-electron chi connectivity index (χ4n) is 2.01. The molecule has 1 aromatic carbocycles. The summed E-state index contributed by atoms with van der Waals surface area (Å²) in [6, 6.07) is 7.46. The average molecular weight is 293 g/mol. The Kier molecular flexibility index (Phi) is 5.47. The van der Waals surface area contributed by atoms with Crippen LogP contribution in [0.5, 0.6) is 0 Å². The third-order valence-electron chi connectivity index (χ3n) is 3.11. The molecule has 0 aliphatic rings. The number of benzene rings is 1. The highest BCUT2D eigenvalue weighted by Gasteiger charge is 2.21. The van der Waals surface area contributed by atoms with Crippen molar-refractivity contribution < 1.29 is 14.3 Å². The van der Waals surface area contributed by atoms with E-state index in [1.165, 1.54) is 11.8 Å². The van der Waals surface area contributed by atoms with Crippen molar-refractivity contribution in [3.05, 3.63) is 24.3 Å². The van der Waals surface area contributed by atoms with Gasteiger partial charge in [-0.25, -0.2) is 4.98 Å². The Morgan fingerprint density at radius 3 is 2.85 bits per heavy atom. The van der Waals surface area contributed by atoms with Gasteiger partial charge in [-0.3, -0.25) is 4.79 Å². The number of aromatic nitrogens is 1. The van der Waals surface area contributed by atoms with E-state index in [1.807, 2.05) is 24.3 Å². The Labute approximate surface area is 122 Å². The van der Waals surface area contributed by atoms with Gasteiger partial charge in [-0.1, -0.05) is 56.5 Å². The van der Waals surface area contributed by atoms with E-state index in [4.69, 9.17) is 4.42 Å². The molecule has 0 aliphatic heterocycles. The Morgan fingerprint density at radius 2 is 2.15 bits per heavy atom. The summed E-state index contributed by atoms with van der Waals surface area (Å²) in [4.78, 5) is 15.6. The molecule has 0 spiro atoms. The van der Waals surface area contributed by atoms with Gasteiger partial charge in [0, 0.05) is 0 Å². The number of carboxylic acids is 1. The van der Waals surface area contributed by atoms with E-state index in [1.54, 1.807) is 0 Å². The number of unbranched alkanes of at least 4 members (excludes halogenated alkanes) is 3. The molecule has 0 fully saturated rings. The van der Waals surface area contributed by atoms with Crippen molar-refractivity contribution >= 4 is 28.8 Å². The normalized spacial score (nSPS) is 12.7. The molecular formula is C15H19NO3S. The first-order chi connectivity index (χ1) is 9.70. The smallest absolute Gasteiger partial charge is 0.317 e. The highest BCUT2D eigenvalue weighted by Crippen LogP contribution is 2.29. The molecule has 0 bridgehead atoms. The molecule has 1 N–H and O–H groups in total. The monoisotopic (exact) mass is 293 g/mol. The number of carboxylic acid groups (broad SMARTS) is 1. The third kappa shape index (κ3) is 4.00. The topological polar surface area (TPSA) is 63.3 Å². The molecule has 1 aromatic heterocycles. The first-order valence-corrected chi connectivity index (χ1v) is 7.83. The predicted octanol–water partition coefficient (Wildman–Crippen LogP) is 4.34. The fraction of sp³-hybridized carbons (Fsp3) is 0.467. The van der Waals surface area contributed by atoms with Crippen LogP contribution in [0.1, 0.15) is 39.0 Å². The maximum atomic E-state index is 11.3. The summed E-state index contributed by atoms with van der Waals surface area (Å²) >= 11 is 1.20. The number of hydrogen-bond acceptors (Lipinski definition) is 4. The number of para-hydroxylation sites is 2. The van der Waals surface area contributed by atoms with Crippen molar-refractivity contribution in [2.45, 2.75) is 49.5 Å². The first kappa shape index (κ1) is 14.9. The Morgan fingerprint density at radius 1 is 1.35 bits per heavy atom. The zero-order valence-corrected chi connectivity index (χ0v) is 12.4. The molecule has 1 unspecified atom stereocenters. The van der Waals surface area contributed by atoms with Gasteiger partial charge in [0.05, 0.1) is 0 Å². The molecule has 0 aliphatic carbocycles. The van der Waals surface area contributed by atoms with E-state index in [0.717, 1.165) is 31.2 Å². The Balaban J connectivity index is 1.98. The zero-order valence-electron chi connectivity index (χ0n) is 11.5. The Bertz CT molecular complexity index is 534. The van der Waals surface area contributed by atoms with Crippen LogP contribution in [-0.4, -0.2) is 21.3 Å². The molecule has 5 heteroatoms. The van der Waals surface area contributed by atoms with Crippen molar-refractivity contribution in [3.8, 4) is 0 Å². The minimum Gasteiger partial charge on any atom is -0.480 e. The van der Waals surface area contributed by atoms with Crippen molar-refractivity contribution in [3.63, 3.8) is 0 Å². The number of rotatable bonds is 8. The van der Waals surface area contributed by atoms with Crippen LogP contribution in [0.4, 0.5) is 0 Å². The number of hydrogen-bond donors (Lipinski definition) is 1. The molecule has 4 nitrogen and oxygen atoms in total. The third-order valence-corrected chi connectivity index (χ3v) is 4.21. The summed E-state index contributed by atoms with van der Waals surface area (Å²) in [5, 5.41) is 9.23. The van der Waals surface area contributed by atoms with Crippen molar-refractivity contribution in [1.82, 2.24) is 4.98 Å². The van der Waals surface area contributed by atoms with Crippen LogP contribution in [0.25, 0.3) is 11.1 Å². The van der Waals surface area contributed by atoms with Crippen LogP contribution in [0.3, 0.4) is 0 Å². The van der Waals surface area contributed by atoms with Gasteiger partial charge in [-0.15, -0.1) is 0 Å². The molecule has 0 saturated carbocycles. The van der Waals surface area contributed by atoms with E-state index in [-0.39, 0.29) is 0 Å². The minimum atomic E-state index is -0.797. The van der Waals surface area contributed by atoms with Crippen molar-refractivity contribution in [2.75, 3.05) is 0 Å². The van der Waals surface area contributed by atoms with Crippen LogP contribution in [0.15, 0.2) is 33.9 Å². The number of oxazole rings is 1. The van der Waals surface area contributed by atoms with Gasteiger partial charge in [0.1, 0.15) is 10.8 Å². The van der Waals surface area contributed by atoms with Crippen LogP contribution >= 0.6 is 11.8 Å². The maximum Gasteiger partial charge on any atom is 0.317 e. The van der Waals surface area contributed by atoms with Crippen molar-refractivity contribution in [2.24, 2.45) is 0 Å². The molecule has 1 heterocycles. The number of thioether (sulfide) groups is 1. The fourth-order valence-corrected chi connectivity index (χ4v) is 2.93. The second-order valence-electron chi connectivity index (χ2n) is 4.74. The lowest BCUT2D eigenvalue weighted by molar-refractivity contribution is -0.136. The second-order valence-corrected chi connectivity index (χ2v) is 5.90. The molecule has 20 heavy (non-hydrogen) atoms. The van der Waals surface area contributed by atoms with E-state index in [2.05, 4.69) is 11.9 Å². The quantitative estimate of drug-likeness (QED) is 0.579. The highest BCUT2D eigenvalue weighted by molar-refractivity contribution is 8.00. The predicted molar refractivity (Wildman–Crippen MR) is 80.0 cm³/mol. The van der Waals surface area contributed by atoms with E-state index < -0.39 is 11.2 Å². The van der Waals surface area contributed by atoms with Crippen molar-refractivity contribution in [1.29, 1.82) is 0 Å². The van der Waals surface area contributed by atoms with Crippen LogP contribution in [0, 0.1) is 0 Å². The van der Waals surface area contributed by atoms with Gasteiger partial charge in [0.25, 0.3) is 5.22 Å². The van der Waals surface area contributed by atoms with Gasteiger partial charge in [0.15, 0.2) is 5.58 Å². The lowest BCUT2D eigenvalue weighted by atomic mass is 10.1.